The van der Waals surface area contributed by atoms with Gasteiger partial charge in [0, 0.05) is 6.54 Å². The molecular formula is C19H20N4O3. The molecule has 0 bridgehead atoms. The molecule has 134 valence electrons. The molecule has 7 nitrogen and oxygen atoms in total. The zero-order valence-corrected chi connectivity index (χ0v) is 14.7. The molecule has 0 saturated carbocycles. The molecule has 4 rings (SSSR count). The highest BCUT2D eigenvalue weighted by Crippen LogP contribution is 2.25. The molecule has 0 saturated heterocycles. The molecule has 1 aliphatic heterocycles. The summed E-state index contributed by atoms with van der Waals surface area (Å²) in [7, 11) is 1.65. The number of hydrogen-bond acceptors (Lipinski definition) is 5. The van der Waals surface area contributed by atoms with Crippen molar-refractivity contribution in [3.63, 3.8) is 0 Å². The van der Waals surface area contributed by atoms with Gasteiger partial charge in [0.25, 0.3) is 0 Å². The summed E-state index contributed by atoms with van der Waals surface area (Å²) in [6.45, 7) is 3.24. The molecule has 1 unspecified atom stereocenters. The molecule has 0 radical (unpaired) electrons. The van der Waals surface area contributed by atoms with Crippen LogP contribution in [0.25, 0.3) is 10.8 Å². The number of aliphatic carboxylic acids is 1. The van der Waals surface area contributed by atoms with Crippen LogP contribution >= 0.6 is 0 Å². The first kappa shape index (κ1) is 16.5. The minimum absolute atomic E-state index is 0.369. The van der Waals surface area contributed by atoms with Gasteiger partial charge < -0.3 is 14.4 Å². The summed E-state index contributed by atoms with van der Waals surface area (Å²) in [5.41, 5.74) is 1.07. The average Bonchev–Trinajstić information content (AvgIpc) is 3.00. The Kier molecular flexibility index (Phi) is 4.08. The van der Waals surface area contributed by atoms with Gasteiger partial charge in [0.2, 0.25) is 0 Å². The normalized spacial score (nSPS) is 17.2. The number of aromatic nitrogens is 3. The van der Waals surface area contributed by atoms with Gasteiger partial charge in [0.15, 0.2) is 0 Å². The molecule has 0 amide bonds. The molecule has 7 heteroatoms. The predicted molar refractivity (Wildman–Crippen MR) is 95.9 cm³/mol. The molecule has 0 spiro atoms. The number of aryl methyl sites for hydroxylation is 1. The Morgan fingerprint density at radius 1 is 1.23 bits per heavy atom. The topological polar surface area (TPSA) is 80.5 Å². The number of carboxylic acids is 1. The minimum Gasteiger partial charge on any atom is -0.497 e. The molecule has 1 aromatic heterocycles. The van der Waals surface area contributed by atoms with Crippen LogP contribution in [0.2, 0.25) is 0 Å². The summed E-state index contributed by atoms with van der Waals surface area (Å²) in [5, 5.41) is 20.1. The standard InChI is InChI=1S/C19H20N4O3/c1-12-20-21-18-11-22(17(19(24)25)10-23(12)18)9-13-3-4-15-8-16(26-2)6-5-14(15)7-13/h3-8,17H,9-11H2,1-2H3,(H,24,25). The van der Waals surface area contributed by atoms with Crippen LogP contribution in [-0.2, 0) is 24.4 Å². The third-order valence-corrected chi connectivity index (χ3v) is 4.94. The third-order valence-electron chi connectivity index (χ3n) is 4.94. The van der Waals surface area contributed by atoms with Crippen molar-refractivity contribution >= 4 is 16.7 Å². The zero-order chi connectivity index (χ0) is 18.3. The van der Waals surface area contributed by atoms with E-state index in [1.807, 2.05) is 46.7 Å². The first-order valence-corrected chi connectivity index (χ1v) is 8.47. The average molecular weight is 352 g/mol. The SMILES string of the molecule is COc1ccc2cc(CN3Cc4nnc(C)n4CC3C(=O)O)ccc2c1. The molecule has 0 aliphatic carbocycles. The lowest BCUT2D eigenvalue weighted by molar-refractivity contribution is -0.145. The van der Waals surface area contributed by atoms with E-state index >= 15 is 0 Å². The van der Waals surface area contributed by atoms with Crippen LogP contribution in [0.5, 0.6) is 5.75 Å². The summed E-state index contributed by atoms with van der Waals surface area (Å²) in [4.78, 5) is 13.7. The number of nitrogens with zero attached hydrogens (tertiary/aromatic N) is 4. The monoisotopic (exact) mass is 352 g/mol. The van der Waals surface area contributed by atoms with E-state index in [1.165, 1.54) is 0 Å². The fourth-order valence-electron chi connectivity index (χ4n) is 3.49. The minimum atomic E-state index is -0.825. The van der Waals surface area contributed by atoms with E-state index in [0.717, 1.165) is 33.7 Å². The fourth-order valence-corrected chi connectivity index (χ4v) is 3.49. The molecule has 26 heavy (non-hydrogen) atoms. The third kappa shape index (κ3) is 2.90. The maximum absolute atomic E-state index is 11.8. The van der Waals surface area contributed by atoms with Gasteiger partial charge in [-0.05, 0) is 41.5 Å². The Balaban J connectivity index is 1.62. The largest absolute Gasteiger partial charge is 0.497 e. The summed E-state index contributed by atoms with van der Waals surface area (Å²) in [5.74, 6) is 1.56. The molecule has 2 aromatic carbocycles. The smallest absolute Gasteiger partial charge is 0.322 e. The van der Waals surface area contributed by atoms with Crippen molar-refractivity contribution in [1.82, 2.24) is 19.7 Å². The van der Waals surface area contributed by atoms with Crippen LogP contribution < -0.4 is 4.74 Å². The highest BCUT2D eigenvalue weighted by Gasteiger charge is 2.33. The zero-order valence-electron chi connectivity index (χ0n) is 14.7. The summed E-state index contributed by atoms with van der Waals surface area (Å²) in [6.07, 6.45) is 0. The second kappa shape index (κ2) is 6.42. The van der Waals surface area contributed by atoms with E-state index < -0.39 is 12.0 Å². The summed E-state index contributed by atoms with van der Waals surface area (Å²) >= 11 is 0. The van der Waals surface area contributed by atoms with Crippen LogP contribution in [0.3, 0.4) is 0 Å². The highest BCUT2D eigenvalue weighted by atomic mass is 16.5. The Labute approximate surface area is 150 Å². The number of fused-ring (bicyclic) bond motifs is 2. The second-order valence-electron chi connectivity index (χ2n) is 6.58. The van der Waals surface area contributed by atoms with Crippen molar-refractivity contribution in [3.05, 3.63) is 53.6 Å². The molecule has 0 fully saturated rings. The van der Waals surface area contributed by atoms with Gasteiger partial charge in [-0.25, -0.2) is 0 Å². The van der Waals surface area contributed by atoms with Gasteiger partial charge in [-0.2, -0.15) is 0 Å². The first-order chi connectivity index (χ1) is 12.5. The number of hydrogen-bond donors (Lipinski definition) is 1. The number of rotatable bonds is 4. The number of carboxylic acid groups (broad SMARTS) is 1. The lowest BCUT2D eigenvalue weighted by atomic mass is 10.0. The van der Waals surface area contributed by atoms with E-state index in [-0.39, 0.29) is 0 Å². The van der Waals surface area contributed by atoms with Gasteiger partial charge in [-0.3, -0.25) is 9.69 Å². The van der Waals surface area contributed by atoms with Crippen molar-refractivity contribution in [2.45, 2.75) is 32.6 Å². The Morgan fingerprint density at radius 3 is 2.77 bits per heavy atom. The van der Waals surface area contributed by atoms with Crippen LogP contribution in [0.4, 0.5) is 0 Å². The van der Waals surface area contributed by atoms with Crippen molar-refractivity contribution in [2.75, 3.05) is 7.11 Å². The van der Waals surface area contributed by atoms with E-state index in [2.05, 4.69) is 16.3 Å². The molecule has 1 aliphatic rings. The van der Waals surface area contributed by atoms with Gasteiger partial charge >= 0.3 is 5.97 Å². The summed E-state index contributed by atoms with van der Waals surface area (Å²) in [6, 6.07) is 11.5. The lowest BCUT2D eigenvalue weighted by Gasteiger charge is -2.33. The van der Waals surface area contributed by atoms with Gasteiger partial charge in [-0.15, -0.1) is 10.2 Å². The lowest BCUT2D eigenvalue weighted by Crippen LogP contribution is -2.47. The molecule has 2 heterocycles. The number of methoxy groups -OCH3 is 1. The van der Waals surface area contributed by atoms with E-state index in [9.17, 15) is 9.90 Å². The molecule has 1 N–H and O–H groups in total. The van der Waals surface area contributed by atoms with E-state index in [4.69, 9.17) is 4.74 Å². The van der Waals surface area contributed by atoms with E-state index in [0.29, 0.717) is 19.6 Å². The highest BCUT2D eigenvalue weighted by molar-refractivity contribution is 5.84. The van der Waals surface area contributed by atoms with Crippen molar-refractivity contribution in [3.8, 4) is 5.75 Å². The van der Waals surface area contributed by atoms with Crippen molar-refractivity contribution in [1.29, 1.82) is 0 Å². The number of ether oxygens (including phenoxy) is 1. The quantitative estimate of drug-likeness (QED) is 0.775. The fraction of sp³-hybridized carbons (Fsp3) is 0.316. The summed E-state index contributed by atoms with van der Waals surface area (Å²) < 4.78 is 7.15. The second-order valence-corrected chi connectivity index (χ2v) is 6.58. The van der Waals surface area contributed by atoms with Gasteiger partial charge in [0.05, 0.1) is 20.2 Å². The Bertz CT molecular complexity index is 982. The predicted octanol–water partition coefficient (Wildman–Crippen LogP) is 2.22. The van der Waals surface area contributed by atoms with Gasteiger partial charge in [-0.1, -0.05) is 18.2 Å². The van der Waals surface area contributed by atoms with Crippen LogP contribution in [-0.4, -0.2) is 43.9 Å². The number of carbonyl (C=O) groups is 1. The van der Waals surface area contributed by atoms with Gasteiger partial charge in [0.1, 0.15) is 23.4 Å². The first-order valence-electron chi connectivity index (χ1n) is 8.47. The molecular weight excluding hydrogens is 332 g/mol. The maximum atomic E-state index is 11.8. The molecule has 3 aromatic rings. The molecule has 1 atom stereocenters. The van der Waals surface area contributed by atoms with Crippen molar-refractivity contribution in [2.24, 2.45) is 0 Å². The Hall–Kier alpha value is -2.93. The van der Waals surface area contributed by atoms with Crippen LogP contribution in [0.15, 0.2) is 36.4 Å². The number of benzene rings is 2. The van der Waals surface area contributed by atoms with Crippen molar-refractivity contribution < 1.29 is 14.6 Å². The van der Waals surface area contributed by atoms with Crippen LogP contribution in [0, 0.1) is 6.92 Å². The maximum Gasteiger partial charge on any atom is 0.322 e. The van der Waals surface area contributed by atoms with Crippen LogP contribution in [0.1, 0.15) is 17.2 Å². The van der Waals surface area contributed by atoms with E-state index in [1.54, 1.807) is 7.11 Å². The Morgan fingerprint density at radius 2 is 2.00 bits per heavy atom.